The summed E-state index contributed by atoms with van der Waals surface area (Å²) in [4.78, 5) is 13.3. The Balaban J connectivity index is 2.07. The third-order valence-corrected chi connectivity index (χ3v) is 3.80. The molecule has 0 radical (unpaired) electrons. The highest BCUT2D eigenvalue weighted by Gasteiger charge is 2.20. The van der Waals surface area contributed by atoms with Crippen molar-refractivity contribution in [1.29, 1.82) is 5.26 Å². The Morgan fingerprint density at radius 2 is 2.19 bits per heavy atom. The summed E-state index contributed by atoms with van der Waals surface area (Å²) in [5.41, 5.74) is 0.593. The van der Waals surface area contributed by atoms with Crippen LogP contribution < -0.4 is 10.1 Å². The topological polar surface area (TPSA) is 62.1 Å². The fourth-order valence-electron chi connectivity index (χ4n) is 1.90. The Labute approximate surface area is 128 Å². The van der Waals surface area contributed by atoms with Gasteiger partial charge in [0.2, 0.25) is 5.91 Å². The van der Waals surface area contributed by atoms with E-state index in [2.05, 4.69) is 11.4 Å². The first kappa shape index (κ1) is 15.1. The van der Waals surface area contributed by atoms with Gasteiger partial charge in [-0.15, -0.1) is 11.3 Å². The van der Waals surface area contributed by atoms with Gasteiger partial charge in [0.15, 0.2) is 0 Å². The molecule has 108 valence electrons. The van der Waals surface area contributed by atoms with Crippen molar-refractivity contribution in [1.82, 2.24) is 0 Å². The molecule has 1 aromatic heterocycles. The van der Waals surface area contributed by atoms with Gasteiger partial charge in [0.1, 0.15) is 11.7 Å². The van der Waals surface area contributed by atoms with Crippen molar-refractivity contribution in [2.45, 2.75) is 13.3 Å². The molecule has 1 N–H and O–H groups in total. The molecule has 21 heavy (non-hydrogen) atoms. The number of nitrogens with one attached hydrogen (secondary N) is 1. The number of para-hydroxylation sites is 2. The summed E-state index contributed by atoms with van der Waals surface area (Å²) < 4.78 is 5.46. The molecule has 1 amide bonds. The highest BCUT2D eigenvalue weighted by atomic mass is 32.1. The van der Waals surface area contributed by atoms with E-state index in [9.17, 15) is 10.1 Å². The van der Waals surface area contributed by atoms with Crippen LogP contribution in [0, 0.1) is 17.2 Å². The summed E-state index contributed by atoms with van der Waals surface area (Å²) in [6.45, 7) is 2.40. The number of carbonyl (C=O) groups excluding carboxylic acids is 1. The predicted octanol–water partition coefficient (Wildman–Crippen LogP) is 3.47. The van der Waals surface area contributed by atoms with Gasteiger partial charge in [-0.05, 0) is 30.5 Å². The minimum absolute atomic E-state index is 0.307. The number of benzene rings is 1. The number of thiophene rings is 1. The van der Waals surface area contributed by atoms with Crippen LogP contribution in [-0.2, 0) is 11.2 Å². The van der Waals surface area contributed by atoms with Gasteiger partial charge in [-0.2, -0.15) is 5.26 Å². The average molecular weight is 300 g/mol. The van der Waals surface area contributed by atoms with Crippen LogP contribution >= 0.6 is 11.3 Å². The highest BCUT2D eigenvalue weighted by Crippen LogP contribution is 2.25. The maximum Gasteiger partial charge on any atom is 0.242 e. The summed E-state index contributed by atoms with van der Waals surface area (Å²) >= 11 is 1.55. The first-order valence-corrected chi connectivity index (χ1v) is 7.57. The van der Waals surface area contributed by atoms with E-state index in [-0.39, 0.29) is 5.91 Å². The lowest BCUT2D eigenvalue weighted by Gasteiger charge is -2.13. The average Bonchev–Trinajstić information content (AvgIpc) is 3.00. The fraction of sp³-hybridized carbons (Fsp3) is 0.250. The Kier molecular flexibility index (Phi) is 5.35. The first-order chi connectivity index (χ1) is 10.2. The predicted molar refractivity (Wildman–Crippen MR) is 83.4 cm³/mol. The number of carbonyl (C=O) groups is 1. The SMILES string of the molecule is CCOc1ccccc1NC(=O)[C@@H](C#N)Cc1cccs1. The van der Waals surface area contributed by atoms with Crippen LogP contribution in [0.3, 0.4) is 0 Å². The number of hydrogen-bond acceptors (Lipinski definition) is 4. The summed E-state index contributed by atoms with van der Waals surface area (Å²) in [6, 6.07) is 13.1. The van der Waals surface area contributed by atoms with Gasteiger partial charge < -0.3 is 10.1 Å². The molecule has 0 bridgehead atoms. The van der Waals surface area contributed by atoms with Gasteiger partial charge in [0, 0.05) is 11.3 Å². The molecule has 2 rings (SSSR count). The molecular formula is C16H16N2O2S. The Bertz CT molecular complexity index is 632. The molecular weight excluding hydrogens is 284 g/mol. The zero-order chi connectivity index (χ0) is 15.1. The van der Waals surface area contributed by atoms with Crippen LogP contribution in [0.1, 0.15) is 11.8 Å². The van der Waals surface area contributed by atoms with E-state index in [1.165, 1.54) is 0 Å². The third-order valence-electron chi connectivity index (χ3n) is 2.90. The van der Waals surface area contributed by atoms with Crippen LogP contribution in [0.5, 0.6) is 5.75 Å². The number of hydrogen-bond donors (Lipinski definition) is 1. The van der Waals surface area contributed by atoms with Crippen LogP contribution in [0.2, 0.25) is 0 Å². The molecule has 1 heterocycles. The molecule has 1 atom stereocenters. The van der Waals surface area contributed by atoms with Crippen molar-refractivity contribution in [3.8, 4) is 11.8 Å². The number of amides is 1. The lowest BCUT2D eigenvalue weighted by Crippen LogP contribution is -2.23. The number of ether oxygens (including phenoxy) is 1. The van der Waals surface area contributed by atoms with Crippen molar-refractivity contribution in [2.24, 2.45) is 5.92 Å². The zero-order valence-electron chi connectivity index (χ0n) is 11.7. The largest absolute Gasteiger partial charge is 0.492 e. The number of rotatable bonds is 6. The molecule has 0 spiro atoms. The minimum atomic E-state index is -0.710. The van der Waals surface area contributed by atoms with Gasteiger partial charge in [-0.3, -0.25) is 4.79 Å². The molecule has 4 nitrogen and oxygen atoms in total. The molecule has 2 aromatic rings. The molecule has 0 aliphatic rings. The highest BCUT2D eigenvalue weighted by molar-refractivity contribution is 7.09. The zero-order valence-corrected chi connectivity index (χ0v) is 12.5. The Hall–Kier alpha value is -2.32. The van der Waals surface area contributed by atoms with Crippen molar-refractivity contribution in [3.05, 3.63) is 46.7 Å². The van der Waals surface area contributed by atoms with Crippen molar-refractivity contribution < 1.29 is 9.53 Å². The van der Waals surface area contributed by atoms with E-state index in [1.807, 2.05) is 36.6 Å². The second kappa shape index (κ2) is 7.46. The molecule has 0 saturated heterocycles. The molecule has 5 heteroatoms. The molecule has 0 aliphatic carbocycles. The fourth-order valence-corrected chi connectivity index (χ4v) is 2.65. The van der Waals surface area contributed by atoms with Crippen molar-refractivity contribution in [3.63, 3.8) is 0 Å². The number of nitrogens with zero attached hydrogens (tertiary/aromatic N) is 1. The summed E-state index contributed by atoms with van der Waals surface area (Å²) in [6.07, 6.45) is 0.427. The van der Waals surface area contributed by atoms with Gasteiger partial charge in [-0.1, -0.05) is 18.2 Å². The lowest BCUT2D eigenvalue weighted by molar-refractivity contribution is -0.118. The van der Waals surface area contributed by atoms with E-state index in [0.717, 1.165) is 4.88 Å². The molecule has 0 fully saturated rings. The quantitative estimate of drug-likeness (QED) is 0.888. The van der Waals surface area contributed by atoms with Crippen LogP contribution in [-0.4, -0.2) is 12.5 Å². The Morgan fingerprint density at radius 1 is 1.38 bits per heavy atom. The van der Waals surface area contributed by atoms with Gasteiger partial charge >= 0.3 is 0 Å². The lowest BCUT2D eigenvalue weighted by atomic mass is 10.1. The van der Waals surface area contributed by atoms with E-state index < -0.39 is 5.92 Å². The molecule has 1 aromatic carbocycles. The van der Waals surface area contributed by atoms with Crippen LogP contribution in [0.15, 0.2) is 41.8 Å². The summed E-state index contributed by atoms with van der Waals surface area (Å²) in [5.74, 6) is -0.405. The first-order valence-electron chi connectivity index (χ1n) is 6.69. The molecule has 0 saturated carbocycles. The van der Waals surface area contributed by atoms with E-state index in [0.29, 0.717) is 24.5 Å². The standard InChI is InChI=1S/C16H16N2O2S/c1-2-20-15-8-4-3-7-14(15)18-16(19)12(11-17)10-13-6-5-9-21-13/h3-9,12H,2,10H2,1H3,(H,18,19)/t12-/m1/s1. The summed E-state index contributed by atoms with van der Waals surface area (Å²) in [7, 11) is 0. The molecule has 0 unspecified atom stereocenters. The van der Waals surface area contributed by atoms with Crippen molar-refractivity contribution in [2.75, 3.05) is 11.9 Å². The van der Waals surface area contributed by atoms with Crippen LogP contribution in [0.4, 0.5) is 5.69 Å². The van der Waals surface area contributed by atoms with E-state index >= 15 is 0 Å². The second-order valence-corrected chi connectivity index (χ2v) is 5.42. The summed E-state index contributed by atoms with van der Waals surface area (Å²) in [5, 5.41) is 13.9. The van der Waals surface area contributed by atoms with E-state index in [1.54, 1.807) is 23.5 Å². The minimum Gasteiger partial charge on any atom is -0.492 e. The second-order valence-electron chi connectivity index (χ2n) is 4.38. The Morgan fingerprint density at radius 3 is 2.86 bits per heavy atom. The number of anilines is 1. The monoisotopic (exact) mass is 300 g/mol. The van der Waals surface area contributed by atoms with Gasteiger partial charge in [0.25, 0.3) is 0 Å². The van der Waals surface area contributed by atoms with Gasteiger partial charge in [0.05, 0.1) is 18.4 Å². The maximum absolute atomic E-state index is 12.2. The molecule has 0 aliphatic heterocycles. The van der Waals surface area contributed by atoms with Crippen LogP contribution in [0.25, 0.3) is 0 Å². The normalized spacial score (nSPS) is 11.4. The third kappa shape index (κ3) is 4.07. The van der Waals surface area contributed by atoms with Crippen molar-refractivity contribution >= 4 is 22.9 Å². The van der Waals surface area contributed by atoms with Gasteiger partial charge in [-0.25, -0.2) is 0 Å². The smallest absolute Gasteiger partial charge is 0.242 e. The van der Waals surface area contributed by atoms with E-state index in [4.69, 9.17) is 4.74 Å². The maximum atomic E-state index is 12.2. The number of nitriles is 1.